The fraction of sp³-hybridized carbons (Fsp3) is 0. The summed E-state index contributed by atoms with van der Waals surface area (Å²) in [5.74, 6) is 0.192. The summed E-state index contributed by atoms with van der Waals surface area (Å²) in [4.78, 5) is 3.98. The molecule has 2 heterocycles. The average molecular weight is 214 g/mol. The molecule has 0 atom stereocenters. The number of aromatic hydroxyl groups is 1. The molecule has 0 fully saturated rings. The van der Waals surface area contributed by atoms with Crippen LogP contribution in [-0.2, 0) is 0 Å². The zero-order valence-corrected chi connectivity index (χ0v) is 6.98. The van der Waals surface area contributed by atoms with E-state index in [9.17, 15) is 0 Å². The van der Waals surface area contributed by atoms with E-state index in [-0.39, 0.29) is 5.75 Å². The molecule has 11 heavy (non-hydrogen) atoms. The smallest absolute Gasteiger partial charge is 0.218 e. The van der Waals surface area contributed by atoms with Gasteiger partial charge in [-0.25, -0.2) is 9.50 Å². The van der Waals surface area contributed by atoms with Crippen LogP contribution in [0.3, 0.4) is 0 Å². The second kappa shape index (κ2) is 2.20. The van der Waals surface area contributed by atoms with Crippen LogP contribution in [0.15, 0.2) is 23.1 Å². The molecule has 0 saturated carbocycles. The number of hydrogen-bond donors (Lipinski definition) is 1. The molecular formula is C6H4BrN3O. The summed E-state index contributed by atoms with van der Waals surface area (Å²) < 4.78 is 2.09. The Morgan fingerprint density at radius 2 is 2.36 bits per heavy atom. The molecule has 0 aromatic carbocycles. The van der Waals surface area contributed by atoms with E-state index in [0.29, 0.717) is 10.4 Å². The molecule has 0 amide bonds. The summed E-state index contributed by atoms with van der Waals surface area (Å²) in [5, 5.41) is 13.0. The van der Waals surface area contributed by atoms with Gasteiger partial charge in [0.25, 0.3) is 0 Å². The highest BCUT2D eigenvalue weighted by Gasteiger charge is 1.99. The number of rotatable bonds is 0. The number of nitrogens with zero attached hydrogens (tertiary/aromatic N) is 3. The van der Waals surface area contributed by atoms with Gasteiger partial charge in [-0.1, -0.05) is 0 Å². The van der Waals surface area contributed by atoms with Crippen LogP contribution in [0.5, 0.6) is 5.75 Å². The average Bonchev–Trinajstić information content (AvgIpc) is 2.27. The van der Waals surface area contributed by atoms with Gasteiger partial charge in [0.1, 0.15) is 5.75 Å². The third kappa shape index (κ3) is 1.07. The Kier molecular flexibility index (Phi) is 1.32. The summed E-state index contributed by atoms with van der Waals surface area (Å²) in [6, 6.07) is 3.09. The van der Waals surface area contributed by atoms with Crippen molar-refractivity contribution in [1.29, 1.82) is 0 Å². The summed E-state index contributed by atoms with van der Waals surface area (Å²) >= 11 is 3.12. The van der Waals surface area contributed by atoms with Crippen LogP contribution in [0, 0.1) is 0 Å². The molecular weight excluding hydrogens is 210 g/mol. The van der Waals surface area contributed by atoms with Gasteiger partial charge in [-0.2, -0.15) is 0 Å². The van der Waals surface area contributed by atoms with Crippen LogP contribution in [-0.4, -0.2) is 19.7 Å². The van der Waals surface area contributed by atoms with Crippen LogP contribution in [0.25, 0.3) is 5.65 Å². The Labute approximate surface area is 70.6 Å². The number of pyridine rings is 1. The molecule has 0 radical (unpaired) electrons. The van der Waals surface area contributed by atoms with Gasteiger partial charge in [0.15, 0.2) is 5.65 Å². The largest absolute Gasteiger partial charge is 0.508 e. The van der Waals surface area contributed by atoms with Crippen molar-refractivity contribution in [2.75, 3.05) is 0 Å². The molecule has 0 aliphatic carbocycles. The van der Waals surface area contributed by atoms with E-state index >= 15 is 0 Å². The van der Waals surface area contributed by atoms with Crippen molar-refractivity contribution >= 4 is 21.6 Å². The molecule has 0 unspecified atom stereocenters. The van der Waals surface area contributed by atoms with Gasteiger partial charge < -0.3 is 5.11 Å². The van der Waals surface area contributed by atoms with Crippen molar-refractivity contribution in [3.8, 4) is 5.75 Å². The lowest BCUT2D eigenvalue weighted by Gasteiger charge is -1.90. The van der Waals surface area contributed by atoms with Crippen molar-refractivity contribution in [3.63, 3.8) is 0 Å². The monoisotopic (exact) mass is 213 g/mol. The van der Waals surface area contributed by atoms with Gasteiger partial charge in [0.2, 0.25) is 4.73 Å². The van der Waals surface area contributed by atoms with E-state index in [0.717, 1.165) is 0 Å². The van der Waals surface area contributed by atoms with Crippen molar-refractivity contribution in [3.05, 3.63) is 23.1 Å². The van der Waals surface area contributed by atoms with E-state index < -0.39 is 0 Å². The van der Waals surface area contributed by atoms with E-state index in [1.165, 1.54) is 6.07 Å². The Morgan fingerprint density at radius 1 is 1.55 bits per heavy atom. The minimum absolute atomic E-state index is 0.192. The maximum absolute atomic E-state index is 9.04. The van der Waals surface area contributed by atoms with Gasteiger partial charge in [0.05, 0.1) is 0 Å². The molecule has 5 heteroatoms. The Morgan fingerprint density at radius 3 is 3.18 bits per heavy atom. The number of hydrogen-bond acceptors (Lipinski definition) is 3. The van der Waals surface area contributed by atoms with E-state index in [4.69, 9.17) is 5.11 Å². The van der Waals surface area contributed by atoms with Crippen molar-refractivity contribution in [2.45, 2.75) is 0 Å². The minimum Gasteiger partial charge on any atom is -0.508 e. The topological polar surface area (TPSA) is 50.4 Å². The molecule has 56 valence electrons. The molecule has 2 aromatic rings. The highest BCUT2D eigenvalue weighted by atomic mass is 79.9. The molecule has 4 nitrogen and oxygen atoms in total. The Hall–Kier alpha value is -1.10. The van der Waals surface area contributed by atoms with E-state index in [2.05, 4.69) is 26.0 Å². The van der Waals surface area contributed by atoms with Crippen LogP contribution in [0.1, 0.15) is 0 Å². The molecule has 1 N–H and O–H groups in total. The zero-order valence-electron chi connectivity index (χ0n) is 5.40. The summed E-state index contributed by atoms with van der Waals surface area (Å²) in [6.45, 7) is 0. The summed E-state index contributed by atoms with van der Waals surface area (Å²) in [7, 11) is 0. The van der Waals surface area contributed by atoms with Gasteiger partial charge in [-0.3, -0.25) is 0 Å². The highest BCUT2D eigenvalue weighted by Crippen LogP contribution is 2.12. The molecule has 0 aliphatic rings. The lowest BCUT2D eigenvalue weighted by Crippen LogP contribution is -1.83. The second-order valence-electron chi connectivity index (χ2n) is 2.07. The molecule has 2 rings (SSSR count). The lowest BCUT2D eigenvalue weighted by atomic mass is 10.4. The SMILES string of the molecule is Oc1ccn2nc(Br)nc2c1. The van der Waals surface area contributed by atoms with E-state index in [1.807, 2.05) is 0 Å². The standard InChI is InChI=1S/C6H4BrN3O/c7-6-8-5-3-4(11)1-2-10(5)9-6/h1-3,11H. The number of aromatic nitrogens is 3. The maximum Gasteiger partial charge on any atom is 0.218 e. The van der Waals surface area contributed by atoms with Crippen molar-refractivity contribution in [2.24, 2.45) is 0 Å². The first kappa shape index (κ1) is 6.60. The number of fused-ring (bicyclic) bond motifs is 1. The quantitative estimate of drug-likeness (QED) is 0.716. The van der Waals surface area contributed by atoms with Crippen LogP contribution in [0.4, 0.5) is 0 Å². The molecule has 2 aromatic heterocycles. The van der Waals surface area contributed by atoms with Gasteiger partial charge >= 0.3 is 0 Å². The van der Waals surface area contributed by atoms with Crippen LogP contribution in [0.2, 0.25) is 0 Å². The molecule has 0 spiro atoms. The molecule has 0 aliphatic heterocycles. The maximum atomic E-state index is 9.04. The first-order valence-corrected chi connectivity index (χ1v) is 3.76. The van der Waals surface area contributed by atoms with E-state index in [1.54, 1.807) is 16.8 Å². The van der Waals surface area contributed by atoms with Gasteiger partial charge in [-0.15, -0.1) is 5.10 Å². The van der Waals surface area contributed by atoms with Crippen molar-refractivity contribution in [1.82, 2.24) is 14.6 Å². The zero-order chi connectivity index (χ0) is 7.84. The Balaban J connectivity index is 2.82. The Bertz CT molecular complexity index is 398. The summed E-state index contributed by atoms with van der Waals surface area (Å²) in [6.07, 6.45) is 1.64. The predicted octanol–water partition coefficient (Wildman–Crippen LogP) is 1.20. The highest BCUT2D eigenvalue weighted by molar-refractivity contribution is 9.10. The predicted molar refractivity (Wildman–Crippen MR) is 42.4 cm³/mol. The van der Waals surface area contributed by atoms with Gasteiger partial charge in [0, 0.05) is 12.3 Å². The molecule has 0 saturated heterocycles. The minimum atomic E-state index is 0.192. The van der Waals surface area contributed by atoms with Crippen molar-refractivity contribution < 1.29 is 5.11 Å². The molecule has 0 bridgehead atoms. The summed E-state index contributed by atoms with van der Waals surface area (Å²) in [5.41, 5.74) is 0.622. The third-order valence-corrected chi connectivity index (χ3v) is 1.63. The van der Waals surface area contributed by atoms with Crippen LogP contribution < -0.4 is 0 Å². The van der Waals surface area contributed by atoms with Crippen LogP contribution >= 0.6 is 15.9 Å². The first-order valence-electron chi connectivity index (χ1n) is 2.96. The second-order valence-corrected chi connectivity index (χ2v) is 2.78. The fourth-order valence-electron chi connectivity index (χ4n) is 0.844. The third-order valence-electron chi connectivity index (χ3n) is 1.30. The normalized spacial score (nSPS) is 10.6. The fourth-order valence-corrected chi connectivity index (χ4v) is 1.20. The lowest BCUT2D eigenvalue weighted by molar-refractivity contribution is 0.474. The van der Waals surface area contributed by atoms with Gasteiger partial charge in [-0.05, 0) is 22.0 Å². The number of halogens is 1. The first-order chi connectivity index (χ1) is 5.25.